The minimum atomic E-state index is -4.78. The minimum absolute atomic E-state index is 0.104. The Hall–Kier alpha value is -2.52. The van der Waals surface area contributed by atoms with E-state index in [0.29, 0.717) is 33.9 Å². The van der Waals surface area contributed by atoms with Gasteiger partial charge in [-0.3, -0.25) is 0 Å². The number of rotatable bonds is 5. The average molecular weight is 510 g/mol. The number of likely N-dealkylation sites (tertiary alicyclic amines) is 1. The van der Waals surface area contributed by atoms with Crippen LogP contribution in [0.2, 0.25) is 5.15 Å². The monoisotopic (exact) mass is 509 g/mol. The Morgan fingerprint density at radius 1 is 1.09 bits per heavy atom. The number of aryl methyl sites for hydroxylation is 1. The van der Waals surface area contributed by atoms with Crippen molar-refractivity contribution in [1.29, 1.82) is 0 Å². The zero-order chi connectivity index (χ0) is 25.5. The number of anilines is 1. The van der Waals surface area contributed by atoms with Gasteiger partial charge in [-0.05, 0) is 77.2 Å². The number of nitrogens with zero attached hydrogens (tertiary/aromatic N) is 4. The lowest BCUT2D eigenvalue weighted by Gasteiger charge is -2.35. The molecule has 0 bridgehead atoms. The number of benzene rings is 1. The molecule has 1 aliphatic heterocycles. The molecule has 1 saturated heterocycles. The Morgan fingerprint density at radius 3 is 2.40 bits per heavy atom. The molecule has 10 heteroatoms. The van der Waals surface area contributed by atoms with Gasteiger partial charge in [-0.1, -0.05) is 23.7 Å². The maximum Gasteiger partial charge on any atom is 0.419 e. The molecule has 188 valence electrons. The summed E-state index contributed by atoms with van der Waals surface area (Å²) < 4.78 is 54.3. The van der Waals surface area contributed by atoms with Crippen molar-refractivity contribution in [3.05, 3.63) is 57.8 Å². The van der Waals surface area contributed by atoms with Crippen LogP contribution in [0.3, 0.4) is 0 Å². The number of pyridine rings is 1. The molecule has 35 heavy (non-hydrogen) atoms. The van der Waals surface area contributed by atoms with E-state index in [9.17, 15) is 17.6 Å². The molecule has 1 N–H and O–H groups in total. The van der Waals surface area contributed by atoms with E-state index in [-0.39, 0.29) is 11.5 Å². The Morgan fingerprint density at radius 2 is 1.77 bits per heavy atom. The van der Waals surface area contributed by atoms with E-state index < -0.39 is 23.6 Å². The quantitative estimate of drug-likeness (QED) is 0.299. The molecular weight excluding hydrogens is 482 g/mol. The third-order valence-corrected chi connectivity index (χ3v) is 6.94. The molecule has 3 heterocycles. The van der Waals surface area contributed by atoms with E-state index in [1.54, 1.807) is 13.8 Å². The molecule has 0 spiro atoms. The lowest BCUT2D eigenvalue weighted by Crippen LogP contribution is -2.37. The van der Waals surface area contributed by atoms with Crippen LogP contribution in [0.25, 0.3) is 11.0 Å². The lowest BCUT2D eigenvalue weighted by molar-refractivity contribution is -0.140. The van der Waals surface area contributed by atoms with E-state index >= 15 is 0 Å². The van der Waals surface area contributed by atoms with Crippen molar-refractivity contribution < 1.29 is 17.6 Å². The largest absolute Gasteiger partial charge is 0.419 e. The SMILES string of the molecule is Cc1nc(N[C@H](C)c2cccc(C(F)(F)F)c2F)c2cc(C3CCN(C(C)C)CC3)c(Cl)nc2n1. The molecule has 1 atom stereocenters. The number of hydrogen-bond acceptors (Lipinski definition) is 5. The molecule has 3 aromatic rings. The van der Waals surface area contributed by atoms with Gasteiger partial charge in [0.1, 0.15) is 22.6 Å². The summed E-state index contributed by atoms with van der Waals surface area (Å²) >= 11 is 6.56. The zero-order valence-corrected chi connectivity index (χ0v) is 20.8. The number of nitrogens with one attached hydrogen (secondary N) is 1. The molecule has 5 nitrogen and oxygen atoms in total. The number of hydrogen-bond donors (Lipinski definition) is 1. The first-order chi connectivity index (χ1) is 16.5. The summed E-state index contributed by atoms with van der Waals surface area (Å²) in [5, 5.41) is 4.07. The number of alkyl halides is 3. The molecule has 0 radical (unpaired) electrons. The number of aromatic nitrogens is 3. The second-order valence-corrected chi connectivity index (χ2v) is 9.69. The van der Waals surface area contributed by atoms with Crippen molar-refractivity contribution in [1.82, 2.24) is 19.9 Å². The van der Waals surface area contributed by atoms with Crippen LogP contribution in [0.4, 0.5) is 23.4 Å². The standard InChI is InChI=1S/C25H28ClF4N5/c1-13(2)35-10-8-16(9-11-35)18-12-19-23(32-15(4)33-24(19)34-22(18)26)31-14(3)17-6-5-7-20(21(17)27)25(28,29)30/h5-7,12-14,16H,8-11H2,1-4H3,(H,31,32,33,34)/t14-/m1/s1. The summed E-state index contributed by atoms with van der Waals surface area (Å²) in [6, 6.07) is 4.87. The highest BCUT2D eigenvalue weighted by Crippen LogP contribution is 2.37. The average Bonchev–Trinajstić information content (AvgIpc) is 2.78. The molecule has 0 aliphatic carbocycles. The van der Waals surface area contributed by atoms with Gasteiger partial charge in [0.15, 0.2) is 5.65 Å². The van der Waals surface area contributed by atoms with Gasteiger partial charge in [0.05, 0.1) is 17.0 Å². The van der Waals surface area contributed by atoms with Crippen LogP contribution >= 0.6 is 11.6 Å². The summed E-state index contributed by atoms with van der Waals surface area (Å²) in [4.78, 5) is 15.8. The van der Waals surface area contributed by atoms with Gasteiger partial charge in [-0.15, -0.1) is 0 Å². The van der Waals surface area contributed by atoms with Gasteiger partial charge in [-0.2, -0.15) is 13.2 Å². The van der Waals surface area contributed by atoms with Crippen molar-refractivity contribution >= 4 is 28.5 Å². The first kappa shape index (κ1) is 25.6. The van der Waals surface area contributed by atoms with Crippen molar-refractivity contribution in [2.75, 3.05) is 18.4 Å². The molecule has 4 rings (SSSR count). The van der Waals surface area contributed by atoms with Crippen LogP contribution in [0.15, 0.2) is 24.3 Å². The number of fused-ring (bicyclic) bond motifs is 1. The highest BCUT2D eigenvalue weighted by atomic mass is 35.5. The van der Waals surface area contributed by atoms with Crippen LogP contribution < -0.4 is 5.32 Å². The van der Waals surface area contributed by atoms with Crippen LogP contribution in [0.1, 0.15) is 68.1 Å². The van der Waals surface area contributed by atoms with Gasteiger partial charge in [0.25, 0.3) is 0 Å². The Labute approximate surface area is 206 Å². The fourth-order valence-corrected chi connectivity index (χ4v) is 4.96. The van der Waals surface area contributed by atoms with Crippen LogP contribution in [-0.4, -0.2) is 39.0 Å². The zero-order valence-electron chi connectivity index (χ0n) is 20.0. The highest BCUT2D eigenvalue weighted by Gasteiger charge is 2.35. The smallest absolute Gasteiger partial charge is 0.363 e. The molecule has 1 aromatic carbocycles. The molecule has 2 aromatic heterocycles. The molecule has 1 aliphatic rings. The summed E-state index contributed by atoms with van der Waals surface area (Å²) in [6.07, 6.45) is -2.91. The Bertz CT molecular complexity index is 1220. The fraction of sp³-hybridized carbons (Fsp3) is 0.480. The van der Waals surface area contributed by atoms with E-state index in [4.69, 9.17) is 11.6 Å². The maximum atomic E-state index is 14.7. The highest BCUT2D eigenvalue weighted by molar-refractivity contribution is 6.30. The molecule has 0 amide bonds. The van der Waals surface area contributed by atoms with Gasteiger partial charge in [0.2, 0.25) is 0 Å². The summed E-state index contributed by atoms with van der Waals surface area (Å²) in [5.41, 5.74) is -0.121. The predicted octanol–water partition coefficient (Wildman–Crippen LogP) is 6.91. The van der Waals surface area contributed by atoms with Crippen molar-refractivity contribution in [2.45, 2.75) is 64.7 Å². The van der Waals surface area contributed by atoms with E-state index in [1.807, 2.05) is 6.07 Å². The second-order valence-electron chi connectivity index (χ2n) is 9.34. The number of halogens is 5. The first-order valence-corrected chi connectivity index (χ1v) is 12.0. The van der Waals surface area contributed by atoms with Gasteiger partial charge in [0, 0.05) is 11.6 Å². The predicted molar refractivity (Wildman–Crippen MR) is 129 cm³/mol. The topological polar surface area (TPSA) is 53.9 Å². The van der Waals surface area contributed by atoms with Crippen LogP contribution in [0, 0.1) is 12.7 Å². The second kappa shape index (κ2) is 9.85. The number of piperidine rings is 1. The maximum absolute atomic E-state index is 14.7. The molecular formula is C25H28ClF4N5. The summed E-state index contributed by atoms with van der Waals surface area (Å²) in [6.45, 7) is 9.54. The normalized spacial score (nSPS) is 16.7. The van der Waals surface area contributed by atoms with E-state index in [0.717, 1.165) is 37.6 Å². The Kier molecular flexibility index (Phi) is 7.20. The molecule has 0 unspecified atom stereocenters. The molecule has 0 saturated carbocycles. The lowest BCUT2D eigenvalue weighted by atomic mass is 9.89. The van der Waals surface area contributed by atoms with Crippen molar-refractivity contribution in [3.63, 3.8) is 0 Å². The molecule has 1 fully saturated rings. The van der Waals surface area contributed by atoms with E-state index in [1.165, 1.54) is 12.1 Å². The fourth-order valence-electron chi connectivity index (χ4n) is 4.67. The summed E-state index contributed by atoms with van der Waals surface area (Å²) in [5.74, 6) is -0.282. The third-order valence-electron chi connectivity index (χ3n) is 6.63. The van der Waals surface area contributed by atoms with Gasteiger partial charge in [-0.25, -0.2) is 19.3 Å². The van der Waals surface area contributed by atoms with Crippen LogP contribution in [0.5, 0.6) is 0 Å². The van der Waals surface area contributed by atoms with Gasteiger partial charge >= 0.3 is 6.18 Å². The van der Waals surface area contributed by atoms with E-state index in [2.05, 4.69) is 39.0 Å². The van der Waals surface area contributed by atoms with Gasteiger partial charge < -0.3 is 10.2 Å². The van der Waals surface area contributed by atoms with Crippen molar-refractivity contribution in [2.24, 2.45) is 0 Å². The Balaban J connectivity index is 1.69. The third kappa shape index (κ3) is 5.35. The van der Waals surface area contributed by atoms with Crippen molar-refractivity contribution in [3.8, 4) is 0 Å². The first-order valence-electron chi connectivity index (χ1n) is 11.7. The minimum Gasteiger partial charge on any atom is -0.363 e. The summed E-state index contributed by atoms with van der Waals surface area (Å²) in [7, 11) is 0. The van der Waals surface area contributed by atoms with Crippen LogP contribution in [-0.2, 0) is 6.18 Å².